The van der Waals surface area contributed by atoms with Crippen molar-refractivity contribution in [2.75, 3.05) is 6.54 Å². The van der Waals surface area contributed by atoms with E-state index in [1.54, 1.807) is 18.2 Å². The number of nitrogens with one attached hydrogen (secondary N) is 1. The fourth-order valence-electron chi connectivity index (χ4n) is 3.29. The summed E-state index contributed by atoms with van der Waals surface area (Å²) in [5.74, 6) is -0.486. The summed E-state index contributed by atoms with van der Waals surface area (Å²) in [6.45, 7) is 4.01. The molecule has 9 heteroatoms. The van der Waals surface area contributed by atoms with Crippen LogP contribution in [0.15, 0.2) is 56.6 Å². The Hall–Kier alpha value is -2.68. The summed E-state index contributed by atoms with van der Waals surface area (Å²) >= 11 is 6.30. The maximum absolute atomic E-state index is 12.3. The monoisotopic (exact) mass is 491 g/mol. The van der Waals surface area contributed by atoms with Gasteiger partial charge in [-0.05, 0) is 49.9 Å². The van der Waals surface area contributed by atoms with Gasteiger partial charge >= 0.3 is 11.6 Å². The lowest BCUT2D eigenvalue weighted by molar-refractivity contribution is -0.134. The zero-order chi connectivity index (χ0) is 24.0. The van der Waals surface area contributed by atoms with Gasteiger partial charge in [-0.25, -0.2) is 17.9 Å². The van der Waals surface area contributed by atoms with Crippen molar-refractivity contribution in [1.82, 2.24) is 4.72 Å². The molecule has 176 valence electrons. The van der Waals surface area contributed by atoms with E-state index in [-0.39, 0.29) is 35.1 Å². The second-order valence-electron chi connectivity index (χ2n) is 7.76. The quantitative estimate of drug-likeness (QED) is 0.190. The minimum Gasteiger partial charge on any atom is -0.425 e. The molecule has 0 amide bonds. The van der Waals surface area contributed by atoms with Crippen molar-refractivity contribution in [3.05, 3.63) is 69.0 Å². The Morgan fingerprint density at radius 1 is 1.12 bits per heavy atom. The molecule has 0 unspecified atom stereocenters. The predicted octanol–water partition coefficient (Wildman–Crippen LogP) is 4.76. The molecule has 1 N–H and O–H groups in total. The van der Waals surface area contributed by atoms with Crippen molar-refractivity contribution in [3.63, 3.8) is 0 Å². The van der Waals surface area contributed by atoms with E-state index in [2.05, 4.69) is 11.6 Å². The molecule has 7 nitrogen and oxygen atoms in total. The predicted molar refractivity (Wildman–Crippen MR) is 127 cm³/mol. The number of ether oxygens (including phenoxy) is 1. The molecule has 0 fully saturated rings. The van der Waals surface area contributed by atoms with Gasteiger partial charge in [0, 0.05) is 30.5 Å². The van der Waals surface area contributed by atoms with E-state index in [0.29, 0.717) is 17.4 Å². The lowest BCUT2D eigenvalue weighted by Gasteiger charge is -2.10. The minimum atomic E-state index is -3.65. The van der Waals surface area contributed by atoms with Crippen molar-refractivity contribution in [2.24, 2.45) is 0 Å². The van der Waals surface area contributed by atoms with E-state index in [0.717, 1.165) is 24.0 Å². The second kappa shape index (κ2) is 11.0. The number of hydrogen-bond donors (Lipinski definition) is 1. The first-order chi connectivity index (χ1) is 15.7. The third kappa shape index (κ3) is 6.66. The van der Waals surface area contributed by atoms with E-state index in [9.17, 15) is 18.0 Å². The van der Waals surface area contributed by atoms with E-state index >= 15 is 0 Å². The van der Waals surface area contributed by atoms with Crippen LogP contribution >= 0.6 is 11.6 Å². The van der Waals surface area contributed by atoms with Gasteiger partial charge in [0.2, 0.25) is 10.0 Å². The standard InChI is InChI=1S/C24H26ClNO6S/c1-3-4-6-17-13-24(28)31-21-15-22(20(25)14-19(17)21)32-23(27)7-5-12-26-33(29,30)18-10-8-16(2)9-11-18/h8-11,13-15,26H,3-7,12H2,1-2H3. The molecule has 0 aliphatic heterocycles. The van der Waals surface area contributed by atoms with E-state index in [1.165, 1.54) is 24.3 Å². The van der Waals surface area contributed by atoms with Gasteiger partial charge < -0.3 is 9.15 Å². The number of carbonyl (C=O) groups is 1. The van der Waals surface area contributed by atoms with E-state index in [4.69, 9.17) is 20.8 Å². The molecular formula is C24H26ClNO6S. The molecule has 1 heterocycles. The molecule has 33 heavy (non-hydrogen) atoms. The highest BCUT2D eigenvalue weighted by Gasteiger charge is 2.16. The average Bonchev–Trinajstić information content (AvgIpc) is 2.76. The van der Waals surface area contributed by atoms with Gasteiger partial charge in [-0.1, -0.05) is 42.6 Å². The first kappa shape index (κ1) is 25.0. The third-order valence-electron chi connectivity index (χ3n) is 5.09. The summed E-state index contributed by atoms with van der Waals surface area (Å²) in [6, 6.07) is 11.0. The van der Waals surface area contributed by atoms with Crippen LogP contribution in [0, 0.1) is 6.92 Å². The van der Waals surface area contributed by atoms with Crippen LogP contribution in [0.3, 0.4) is 0 Å². The summed E-state index contributed by atoms with van der Waals surface area (Å²) in [7, 11) is -3.65. The number of sulfonamides is 1. The van der Waals surface area contributed by atoms with Gasteiger partial charge in [-0.3, -0.25) is 4.79 Å². The number of carbonyl (C=O) groups excluding carboxylic acids is 1. The number of hydrogen-bond acceptors (Lipinski definition) is 6. The summed E-state index contributed by atoms with van der Waals surface area (Å²) in [6.07, 6.45) is 2.83. The number of esters is 1. The van der Waals surface area contributed by atoms with Crippen LogP contribution in [0.25, 0.3) is 11.0 Å². The zero-order valence-electron chi connectivity index (χ0n) is 18.5. The number of benzene rings is 2. The van der Waals surface area contributed by atoms with Crippen LogP contribution in [0.1, 0.15) is 43.7 Å². The third-order valence-corrected chi connectivity index (χ3v) is 6.86. The summed E-state index contributed by atoms with van der Waals surface area (Å²) in [4.78, 5) is 24.3. The molecule has 0 saturated carbocycles. The largest absolute Gasteiger partial charge is 0.425 e. The van der Waals surface area contributed by atoms with Crippen LogP contribution in [0.5, 0.6) is 5.75 Å². The fraction of sp³-hybridized carbons (Fsp3) is 0.333. The van der Waals surface area contributed by atoms with Crippen LogP contribution in [0.4, 0.5) is 0 Å². The summed E-state index contributed by atoms with van der Waals surface area (Å²) in [5, 5.41) is 0.931. The molecule has 0 spiro atoms. The van der Waals surface area contributed by atoms with Crippen LogP contribution < -0.4 is 15.1 Å². The molecule has 3 rings (SSSR count). The maximum Gasteiger partial charge on any atom is 0.336 e. The van der Waals surface area contributed by atoms with Crippen molar-refractivity contribution >= 4 is 38.6 Å². The molecule has 2 aromatic carbocycles. The van der Waals surface area contributed by atoms with Gasteiger partial charge in [0.25, 0.3) is 0 Å². The number of aryl methyl sites for hydroxylation is 2. The Labute approximate surface area is 197 Å². The number of fused-ring (bicyclic) bond motifs is 1. The minimum absolute atomic E-state index is 0.0225. The fourth-order valence-corrected chi connectivity index (χ4v) is 4.57. The summed E-state index contributed by atoms with van der Waals surface area (Å²) in [5.41, 5.74) is 1.62. The van der Waals surface area contributed by atoms with Crippen LogP contribution in [-0.4, -0.2) is 20.9 Å². The van der Waals surface area contributed by atoms with Gasteiger partial charge in [-0.15, -0.1) is 0 Å². The smallest absolute Gasteiger partial charge is 0.336 e. The first-order valence-electron chi connectivity index (χ1n) is 10.7. The lowest BCUT2D eigenvalue weighted by atomic mass is 10.0. The first-order valence-corrected chi connectivity index (χ1v) is 12.6. The van der Waals surface area contributed by atoms with E-state index in [1.807, 2.05) is 6.92 Å². The summed E-state index contributed by atoms with van der Waals surface area (Å²) < 4.78 is 37.6. The number of halogens is 1. The highest BCUT2D eigenvalue weighted by atomic mass is 35.5. The maximum atomic E-state index is 12.3. The SMILES string of the molecule is CCCCc1cc(=O)oc2cc(OC(=O)CCCNS(=O)(=O)c3ccc(C)cc3)c(Cl)cc12. The topological polar surface area (TPSA) is 103 Å². The van der Waals surface area contributed by atoms with Gasteiger partial charge in [-0.2, -0.15) is 0 Å². The van der Waals surface area contributed by atoms with Gasteiger partial charge in [0.1, 0.15) is 5.58 Å². The Bertz CT molecular complexity index is 1300. The molecule has 3 aromatic rings. The van der Waals surface area contributed by atoms with Gasteiger partial charge in [0.05, 0.1) is 9.92 Å². The Kier molecular flexibility index (Phi) is 8.29. The Morgan fingerprint density at radius 2 is 1.85 bits per heavy atom. The van der Waals surface area contributed by atoms with Gasteiger partial charge in [0.15, 0.2) is 5.75 Å². The van der Waals surface area contributed by atoms with Crippen molar-refractivity contribution in [1.29, 1.82) is 0 Å². The number of unbranched alkanes of at least 4 members (excludes halogenated alkanes) is 1. The molecule has 1 aromatic heterocycles. The molecule has 0 atom stereocenters. The molecule has 0 radical (unpaired) electrons. The molecule has 0 bridgehead atoms. The number of rotatable bonds is 10. The Morgan fingerprint density at radius 3 is 2.55 bits per heavy atom. The zero-order valence-corrected chi connectivity index (χ0v) is 20.1. The normalized spacial score (nSPS) is 11.6. The lowest BCUT2D eigenvalue weighted by Crippen LogP contribution is -2.25. The van der Waals surface area contributed by atoms with Crippen molar-refractivity contribution < 1.29 is 22.4 Å². The van der Waals surface area contributed by atoms with Crippen LogP contribution in [0.2, 0.25) is 5.02 Å². The molecule has 0 aliphatic rings. The van der Waals surface area contributed by atoms with Crippen molar-refractivity contribution in [2.45, 2.75) is 50.8 Å². The molecular weight excluding hydrogens is 466 g/mol. The molecule has 0 aliphatic carbocycles. The average molecular weight is 492 g/mol. The second-order valence-corrected chi connectivity index (χ2v) is 9.94. The van der Waals surface area contributed by atoms with E-state index < -0.39 is 21.6 Å². The highest BCUT2D eigenvalue weighted by Crippen LogP contribution is 2.32. The molecule has 0 saturated heterocycles. The van der Waals surface area contributed by atoms with Crippen LogP contribution in [-0.2, 0) is 21.2 Å². The van der Waals surface area contributed by atoms with Crippen molar-refractivity contribution in [3.8, 4) is 5.75 Å². The Balaban J connectivity index is 1.61. The highest BCUT2D eigenvalue weighted by molar-refractivity contribution is 7.89.